The zero-order chi connectivity index (χ0) is 18.8. The van der Waals surface area contributed by atoms with Crippen molar-refractivity contribution in [2.75, 3.05) is 27.9 Å². The van der Waals surface area contributed by atoms with Gasteiger partial charge in [-0.15, -0.1) is 0 Å². The van der Waals surface area contributed by atoms with Crippen LogP contribution in [0.5, 0.6) is 23.0 Å². The Morgan fingerprint density at radius 1 is 0.769 bits per heavy atom. The molecule has 5 heteroatoms. The third-order valence-corrected chi connectivity index (χ3v) is 6.88. The standard InChI is InChI=1S/C21H28IO4/c1-5-6-7-8-13-26-17-11-9-16(10-12-17)22-21-19(24-3)14-18(23-2)15-20(21)25-4/h9-12,14-15H,5-8,13H2,1-4H3/q-1. The van der Waals surface area contributed by atoms with Gasteiger partial charge in [-0.1, -0.05) is 0 Å². The third-order valence-electron chi connectivity index (χ3n) is 3.94. The summed E-state index contributed by atoms with van der Waals surface area (Å²) in [5.74, 6) is 3.29. The fourth-order valence-corrected chi connectivity index (χ4v) is 5.10. The molecule has 0 atom stereocenters. The molecule has 0 heterocycles. The molecule has 0 bridgehead atoms. The molecule has 0 unspecified atom stereocenters. The number of rotatable bonds is 11. The summed E-state index contributed by atoms with van der Waals surface area (Å²) in [6, 6.07) is 12.2. The Kier molecular flexibility index (Phi) is 8.88. The van der Waals surface area contributed by atoms with E-state index >= 15 is 0 Å². The zero-order valence-electron chi connectivity index (χ0n) is 16.0. The summed E-state index contributed by atoms with van der Waals surface area (Å²) < 4.78 is 24.6. The zero-order valence-corrected chi connectivity index (χ0v) is 18.2. The summed E-state index contributed by atoms with van der Waals surface area (Å²) in [4.78, 5) is 0. The van der Waals surface area contributed by atoms with E-state index in [4.69, 9.17) is 18.9 Å². The second kappa shape index (κ2) is 11.2. The molecule has 2 aromatic rings. The van der Waals surface area contributed by atoms with Gasteiger partial charge in [0.15, 0.2) is 0 Å². The maximum atomic E-state index is 5.82. The summed E-state index contributed by atoms with van der Waals surface area (Å²) >= 11 is -0.441. The number of halogens is 1. The van der Waals surface area contributed by atoms with Crippen LogP contribution in [0.25, 0.3) is 0 Å². The summed E-state index contributed by atoms with van der Waals surface area (Å²) in [6.07, 6.45) is 4.87. The molecule has 4 nitrogen and oxygen atoms in total. The van der Waals surface area contributed by atoms with Gasteiger partial charge in [0, 0.05) is 0 Å². The van der Waals surface area contributed by atoms with Crippen molar-refractivity contribution in [1.29, 1.82) is 0 Å². The van der Waals surface area contributed by atoms with E-state index in [-0.39, 0.29) is 0 Å². The van der Waals surface area contributed by atoms with Crippen molar-refractivity contribution < 1.29 is 40.2 Å². The summed E-state index contributed by atoms with van der Waals surface area (Å²) in [6.45, 7) is 3.00. The van der Waals surface area contributed by atoms with Crippen LogP contribution in [0.4, 0.5) is 0 Å². The van der Waals surface area contributed by atoms with Crippen molar-refractivity contribution in [2.24, 2.45) is 0 Å². The fraction of sp³-hybridized carbons (Fsp3) is 0.429. The van der Waals surface area contributed by atoms with Gasteiger partial charge in [-0.2, -0.15) is 0 Å². The Bertz CT molecular complexity index is 645. The number of benzene rings is 2. The maximum absolute atomic E-state index is 5.82. The average molecular weight is 471 g/mol. The van der Waals surface area contributed by atoms with Gasteiger partial charge in [0.25, 0.3) is 0 Å². The number of methoxy groups -OCH3 is 3. The van der Waals surface area contributed by atoms with Gasteiger partial charge in [-0.25, -0.2) is 0 Å². The van der Waals surface area contributed by atoms with Gasteiger partial charge in [0.2, 0.25) is 0 Å². The van der Waals surface area contributed by atoms with Gasteiger partial charge in [0.1, 0.15) is 0 Å². The van der Waals surface area contributed by atoms with Crippen LogP contribution in [0, 0.1) is 7.14 Å². The van der Waals surface area contributed by atoms with Gasteiger partial charge in [-0.3, -0.25) is 0 Å². The SMILES string of the molecule is CCCCCCOc1ccc([I-]c2c(OC)cc(OC)cc2OC)cc1. The van der Waals surface area contributed by atoms with Crippen molar-refractivity contribution in [2.45, 2.75) is 32.6 Å². The monoisotopic (exact) mass is 471 g/mol. The molecule has 0 N–H and O–H groups in total. The molecule has 0 amide bonds. The second-order valence-corrected chi connectivity index (χ2v) is 8.67. The number of hydrogen-bond donors (Lipinski definition) is 0. The molecular formula is C21H28IO4-. The molecule has 0 spiro atoms. The Morgan fingerprint density at radius 2 is 1.42 bits per heavy atom. The Labute approximate surface area is 167 Å². The molecule has 0 radical (unpaired) electrons. The first-order chi connectivity index (χ1) is 12.7. The Hall–Kier alpha value is -1.63. The second-order valence-electron chi connectivity index (χ2n) is 5.80. The topological polar surface area (TPSA) is 36.9 Å². The fourth-order valence-electron chi connectivity index (χ4n) is 2.48. The van der Waals surface area contributed by atoms with Crippen molar-refractivity contribution in [3.8, 4) is 23.0 Å². The van der Waals surface area contributed by atoms with E-state index in [1.807, 2.05) is 12.1 Å². The molecule has 0 aliphatic rings. The average Bonchev–Trinajstić information content (AvgIpc) is 2.69. The van der Waals surface area contributed by atoms with Crippen LogP contribution >= 0.6 is 0 Å². The Balaban J connectivity index is 2.04. The van der Waals surface area contributed by atoms with Crippen LogP contribution in [-0.2, 0) is 0 Å². The number of unbranched alkanes of at least 4 members (excludes halogenated alkanes) is 3. The van der Waals surface area contributed by atoms with Crippen LogP contribution < -0.4 is 40.2 Å². The quantitative estimate of drug-likeness (QED) is 0.370. The molecule has 0 fully saturated rings. The number of hydrogen-bond acceptors (Lipinski definition) is 4. The third kappa shape index (κ3) is 5.97. The van der Waals surface area contributed by atoms with Crippen molar-refractivity contribution >= 4 is 0 Å². The van der Waals surface area contributed by atoms with E-state index in [0.29, 0.717) is 0 Å². The van der Waals surface area contributed by atoms with Crippen LogP contribution in [0.1, 0.15) is 32.6 Å². The van der Waals surface area contributed by atoms with Crippen molar-refractivity contribution in [3.63, 3.8) is 0 Å². The molecule has 0 aromatic heterocycles. The van der Waals surface area contributed by atoms with Crippen LogP contribution in [0.3, 0.4) is 0 Å². The minimum absolute atomic E-state index is 0.441. The minimum atomic E-state index is -0.441. The van der Waals surface area contributed by atoms with Crippen LogP contribution in [0.2, 0.25) is 0 Å². The van der Waals surface area contributed by atoms with E-state index in [9.17, 15) is 0 Å². The Morgan fingerprint density at radius 3 is 1.96 bits per heavy atom. The molecule has 144 valence electrons. The molecule has 0 aliphatic heterocycles. The van der Waals surface area contributed by atoms with Crippen molar-refractivity contribution in [3.05, 3.63) is 43.5 Å². The van der Waals surface area contributed by atoms with Gasteiger partial charge < -0.3 is 0 Å². The molecule has 0 saturated heterocycles. The number of ether oxygens (including phenoxy) is 4. The first kappa shape index (κ1) is 20.7. The van der Waals surface area contributed by atoms with E-state index in [0.717, 1.165) is 39.6 Å². The van der Waals surface area contributed by atoms with Crippen LogP contribution in [0.15, 0.2) is 36.4 Å². The predicted octanol–water partition coefficient (Wildman–Crippen LogP) is 1.80. The summed E-state index contributed by atoms with van der Waals surface area (Å²) in [5.41, 5.74) is 0. The first-order valence-corrected chi connectivity index (χ1v) is 11.0. The van der Waals surface area contributed by atoms with E-state index in [1.165, 1.54) is 22.8 Å². The van der Waals surface area contributed by atoms with Crippen LogP contribution in [-0.4, -0.2) is 27.9 Å². The van der Waals surface area contributed by atoms with Gasteiger partial charge >= 0.3 is 167 Å². The molecule has 2 rings (SSSR count). The van der Waals surface area contributed by atoms with Crippen molar-refractivity contribution in [1.82, 2.24) is 0 Å². The predicted molar refractivity (Wildman–Crippen MR) is 99.6 cm³/mol. The van der Waals surface area contributed by atoms with E-state index < -0.39 is 21.2 Å². The van der Waals surface area contributed by atoms with Gasteiger partial charge in [-0.05, 0) is 0 Å². The first-order valence-electron chi connectivity index (χ1n) is 8.89. The molecule has 26 heavy (non-hydrogen) atoms. The molecule has 0 aliphatic carbocycles. The van der Waals surface area contributed by atoms with E-state index in [2.05, 4.69) is 31.2 Å². The normalized spacial score (nSPS) is 10.6. The summed E-state index contributed by atoms with van der Waals surface area (Å²) in [7, 11) is 5.00. The van der Waals surface area contributed by atoms with Gasteiger partial charge in [0.05, 0.1) is 0 Å². The van der Waals surface area contributed by atoms with E-state index in [1.54, 1.807) is 21.3 Å². The summed E-state index contributed by atoms with van der Waals surface area (Å²) in [5, 5.41) is 0. The molecule has 0 saturated carbocycles. The molecule has 2 aromatic carbocycles. The molecular weight excluding hydrogens is 443 g/mol.